The van der Waals surface area contributed by atoms with Gasteiger partial charge in [0.25, 0.3) is 0 Å². The summed E-state index contributed by atoms with van der Waals surface area (Å²) in [5.74, 6) is 0.974. The number of ether oxygens (including phenoxy) is 1. The third kappa shape index (κ3) is 4.68. The summed E-state index contributed by atoms with van der Waals surface area (Å²) < 4.78 is 7.50. The molecule has 0 unspecified atom stereocenters. The van der Waals surface area contributed by atoms with Crippen LogP contribution in [0, 0.1) is 5.92 Å². The molecular formula is C19H25N3O2. The van der Waals surface area contributed by atoms with Crippen LogP contribution in [0.1, 0.15) is 30.7 Å². The standard InChI is InChI=1S/C19H25N3O2/c23-19(17-9-5-13-24-15-17)21-14-18-20-10-12-22(18)11-4-8-16-6-2-1-3-7-16/h1-3,6-7,10,12,17H,4-5,8-9,11,13-15H2,(H,21,23)/t17-/m0/s1. The molecule has 3 rings (SSSR count). The lowest BCUT2D eigenvalue weighted by Crippen LogP contribution is -2.35. The van der Waals surface area contributed by atoms with E-state index in [1.807, 2.05) is 12.3 Å². The molecule has 1 N–H and O–H groups in total. The molecule has 0 bridgehead atoms. The molecule has 1 amide bonds. The van der Waals surface area contributed by atoms with Gasteiger partial charge in [-0.25, -0.2) is 4.98 Å². The van der Waals surface area contributed by atoms with Gasteiger partial charge in [-0.1, -0.05) is 30.3 Å². The van der Waals surface area contributed by atoms with E-state index in [4.69, 9.17) is 4.74 Å². The Balaban J connectivity index is 1.45. The summed E-state index contributed by atoms with van der Waals surface area (Å²) in [6.07, 6.45) is 7.76. The molecule has 0 radical (unpaired) electrons. The number of aromatic nitrogens is 2. The Morgan fingerprint density at radius 3 is 3.00 bits per heavy atom. The van der Waals surface area contributed by atoms with Crippen LogP contribution < -0.4 is 5.32 Å². The van der Waals surface area contributed by atoms with Crippen molar-refractivity contribution in [2.24, 2.45) is 5.92 Å². The number of rotatable bonds is 7. The molecule has 2 aromatic rings. The molecule has 1 aliphatic heterocycles. The van der Waals surface area contributed by atoms with Crippen LogP contribution in [-0.4, -0.2) is 28.7 Å². The second-order valence-corrected chi connectivity index (χ2v) is 6.26. The van der Waals surface area contributed by atoms with Gasteiger partial charge in [0.1, 0.15) is 5.82 Å². The van der Waals surface area contributed by atoms with Crippen LogP contribution in [0.25, 0.3) is 0 Å². The maximum Gasteiger partial charge on any atom is 0.225 e. The maximum atomic E-state index is 12.2. The first-order chi connectivity index (χ1) is 11.8. The fourth-order valence-corrected chi connectivity index (χ4v) is 3.07. The second-order valence-electron chi connectivity index (χ2n) is 6.26. The van der Waals surface area contributed by atoms with Crippen LogP contribution in [0.15, 0.2) is 42.7 Å². The Morgan fingerprint density at radius 1 is 1.33 bits per heavy atom. The van der Waals surface area contributed by atoms with Crippen molar-refractivity contribution >= 4 is 5.91 Å². The van der Waals surface area contributed by atoms with E-state index in [9.17, 15) is 4.79 Å². The number of hydrogen-bond donors (Lipinski definition) is 1. The normalized spacial score (nSPS) is 17.6. The number of nitrogens with one attached hydrogen (secondary N) is 1. The summed E-state index contributed by atoms with van der Waals surface area (Å²) in [5.41, 5.74) is 1.35. The van der Waals surface area contributed by atoms with Gasteiger partial charge in [0, 0.05) is 25.5 Å². The van der Waals surface area contributed by atoms with Crippen molar-refractivity contribution in [3.63, 3.8) is 0 Å². The third-order valence-corrected chi connectivity index (χ3v) is 4.46. The van der Waals surface area contributed by atoms with Crippen molar-refractivity contribution in [3.8, 4) is 0 Å². The number of nitrogens with zero attached hydrogens (tertiary/aromatic N) is 2. The van der Waals surface area contributed by atoms with E-state index >= 15 is 0 Å². The Labute approximate surface area is 143 Å². The first-order valence-electron chi connectivity index (χ1n) is 8.72. The number of aryl methyl sites for hydroxylation is 2. The molecule has 0 spiro atoms. The molecule has 5 heteroatoms. The monoisotopic (exact) mass is 327 g/mol. The Morgan fingerprint density at radius 2 is 2.21 bits per heavy atom. The van der Waals surface area contributed by atoms with Crippen molar-refractivity contribution in [1.29, 1.82) is 0 Å². The Hall–Kier alpha value is -2.14. The zero-order valence-corrected chi connectivity index (χ0v) is 14.0. The summed E-state index contributed by atoms with van der Waals surface area (Å²) in [4.78, 5) is 16.6. The first kappa shape index (κ1) is 16.7. The van der Waals surface area contributed by atoms with Crippen molar-refractivity contribution in [2.45, 2.75) is 38.8 Å². The molecular weight excluding hydrogens is 302 g/mol. The fraction of sp³-hybridized carbons (Fsp3) is 0.474. The van der Waals surface area contributed by atoms with Crippen molar-refractivity contribution in [3.05, 3.63) is 54.1 Å². The fourth-order valence-electron chi connectivity index (χ4n) is 3.07. The highest BCUT2D eigenvalue weighted by molar-refractivity contribution is 5.78. The SMILES string of the molecule is O=C(NCc1nccn1CCCc1ccccc1)[C@H]1CCCOC1. The zero-order chi connectivity index (χ0) is 16.6. The largest absolute Gasteiger partial charge is 0.381 e. The molecule has 128 valence electrons. The highest BCUT2D eigenvalue weighted by Gasteiger charge is 2.21. The molecule has 2 heterocycles. The lowest BCUT2D eigenvalue weighted by atomic mass is 10.0. The minimum Gasteiger partial charge on any atom is -0.381 e. The molecule has 5 nitrogen and oxygen atoms in total. The van der Waals surface area contributed by atoms with E-state index in [1.54, 1.807) is 6.20 Å². The number of imidazole rings is 1. The summed E-state index contributed by atoms with van der Waals surface area (Å²) >= 11 is 0. The average Bonchev–Trinajstić information content (AvgIpc) is 3.09. The van der Waals surface area contributed by atoms with Crippen molar-refractivity contribution in [1.82, 2.24) is 14.9 Å². The van der Waals surface area contributed by atoms with Gasteiger partial charge in [-0.3, -0.25) is 4.79 Å². The number of benzene rings is 1. The predicted molar refractivity (Wildman–Crippen MR) is 92.4 cm³/mol. The van der Waals surface area contributed by atoms with E-state index in [2.05, 4.69) is 39.1 Å². The minimum absolute atomic E-state index is 0.0137. The lowest BCUT2D eigenvalue weighted by Gasteiger charge is -2.21. The predicted octanol–water partition coefficient (Wildman–Crippen LogP) is 2.56. The van der Waals surface area contributed by atoms with Crippen LogP contribution >= 0.6 is 0 Å². The van der Waals surface area contributed by atoms with E-state index in [1.165, 1.54) is 5.56 Å². The van der Waals surface area contributed by atoms with Gasteiger partial charge >= 0.3 is 0 Å². The highest BCUT2D eigenvalue weighted by Crippen LogP contribution is 2.13. The van der Waals surface area contributed by atoms with Gasteiger partial charge in [-0.15, -0.1) is 0 Å². The van der Waals surface area contributed by atoms with Crippen molar-refractivity contribution in [2.75, 3.05) is 13.2 Å². The lowest BCUT2D eigenvalue weighted by molar-refractivity contribution is -0.129. The summed E-state index contributed by atoms with van der Waals surface area (Å²) in [6.45, 7) is 2.70. The van der Waals surface area contributed by atoms with E-state index in [-0.39, 0.29) is 11.8 Å². The van der Waals surface area contributed by atoms with Gasteiger partial charge in [-0.05, 0) is 31.2 Å². The number of carbonyl (C=O) groups is 1. The summed E-state index contributed by atoms with van der Waals surface area (Å²) in [7, 11) is 0. The smallest absolute Gasteiger partial charge is 0.225 e. The average molecular weight is 327 g/mol. The molecule has 0 aliphatic carbocycles. The van der Waals surface area contributed by atoms with Gasteiger partial charge in [-0.2, -0.15) is 0 Å². The van der Waals surface area contributed by atoms with Crippen LogP contribution in [0.4, 0.5) is 0 Å². The molecule has 1 saturated heterocycles. The summed E-state index contributed by atoms with van der Waals surface area (Å²) in [5, 5.41) is 3.00. The second kappa shape index (κ2) is 8.64. The number of amides is 1. The van der Waals surface area contributed by atoms with Gasteiger partial charge in [0.2, 0.25) is 5.91 Å². The quantitative estimate of drug-likeness (QED) is 0.850. The molecule has 1 fully saturated rings. The first-order valence-corrected chi connectivity index (χ1v) is 8.72. The summed E-state index contributed by atoms with van der Waals surface area (Å²) in [6, 6.07) is 10.5. The maximum absolute atomic E-state index is 12.2. The van der Waals surface area contributed by atoms with Gasteiger partial charge in [0.05, 0.1) is 19.1 Å². The number of carbonyl (C=O) groups excluding carboxylic acids is 1. The third-order valence-electron chi connectivity index (χ3n) is 4.46. The number of hydrogen-bond acceptors (Lipinski definition) is 3. The molecule has 1 aromatic heterocycles. The van der Waals surface area contributed by atoms with Gasteiger partial charge in [0.15, 0.2) is 0 Å². The molecule has 24 heavy (non-hydrogen) atoms. The molecule has 0 saturated carbocycles. The minimum atomic E-state index is -0.0137. The topological polar surface area (TPSA) is 56.2 Å². The highest BCUT2D eigenvalue weighted by atomic mass is 16.5. The van der Waals surface area contributed by atoms with Crippen molar-refractivity contribution < 1.29 is 9.53 Å². The van der Waals surface area contributed by atoms with E-state index in [0.29, 0.717) is 13.2 Å². The molecule has 1 aromatic carbocycles. The van der Waals surface area contributed by atoms with Crippen LogP contribution in [-0.2, 0) is 29.0 Å². The Bertz CT molecular complexity index is 633. The van der Waals surface area contributed by atoms with Crippen LogP contribution in [0.2, 0.25) is 0 Å². The Kier molecular flexibility index (Phi) is 6.01. The van der Waals surface area contributed by atoms with E-state index in [0.717, 1.165) is 44.7 Å². The molecule has 1 atom stereocenters. The molecule has 1 aliphatic rings. The van der Waals surface area contributed by atoms with Crippen LogP contribution in [0.3, 0.4) is 0 Å². The van der Waals surface area contributed by atoms with Crippen LogP contribution in [0.5, 0.6) is 0 Å². The van der Waals surface area contributed by atoms with E-state index < -0.39 is 0 Å². The van der Waals surface area contributed by atoms with Gasteiger partial charge < -0.3 is 14.6 Å². The zero-order valence-electron chi connectivity index (χ0n) is 14.0.